The lowest BCUT2D eigenvalue weighted by Gasteiger charge is -2.36. The zero-order valence-electron chi connectivity index (χ0n) is 16.3. The van der Waals surface area contributed by atoms with Crippen LogP contribution < -0.4 is 8.71 Å². The Hall–Kier alpha value is -1.99. The van der Waals surface area contributed by atoms with Crippen LogP contribution in [0.3, 0.4) is 0 Å². The normalized spacial score (nSPS) is 11.9. The van der Waals surface area contributed by atoms with Crippen molar-refractivity contribution in [3.05, 3.63) is 82.8 Å². The molecule has 8 heteroatoms. The molecule has 0 aliphatic heterocycles. The fraction of sp³-hybridized carbons (Fsp3) is 0.143. The van der Waals surface area contributed by atoms with Crippen LogP contribution in [0.5, 0.6) is 11.5 Å². The molecule has 29 heavy (non-hydrogen) atoms. The molecule has 0 saturated heterocycles. The molecule has 0 aliphatic rings. The summed E-state index contributed by atoms with van der Waals surface area (Å²) in [5.74, 6) is 0.971. The maximum absolute atomic E-state index is 13.6. The van der Waals surface area contributed by atoms with Crippen molar-refractivity contribution < 1.29 is 13.2 Å². The number of nitrogens with zero attached hydrogens (tertiary/aromatic N) is 1. The second kappa shape index (κ2) is 8.40. The van der Waals surface area contributed by atoms with E-state index in [0.29, 0.717) is 27.2 Å². The number of sulfonamides is 1. The molecule has 0 aromatic heterocycles. The molecule has 0 N–H and O–H groups in total. The van der Waals surface area contributed by atoms with E-state index in [0.717, 1.165) is 0 Å². The molecule has 0 spiro atoms. The first-order valence-electron chi connectivity index (χ1n) is 8.92. The Morgan fingerprint density at radius 1 is 0.828 bits per heavy atom. The average molecular weight is 466 g/mol. The van der Waals surface area contributed by atoms with Crippen molar-refractivity contribution in [1.29, 1.82) is 0 Å². The van der Waals surface area contributed by atoms with Crippen LogP contribution in [0.1, 0.15) is 0 Å². The van der Waals surface area contributed by atoms with Crippen molar-refractivity contribution in [2.75, 3.05) is 3.97 Å². The number of anilines is 1. The summed E-state index contributed by atoms with van der Waals surface area (Å²) in [6.07, 6.45) is 0. The molecule has 152 valence electrons. The monoisotopic (exact) mass is 465 g/mol. The van der Waals surface area contributed by atoms with Gasteiger partial charge in [0.1, 0.15) is 5.75 Å². The number of hydrogen-bond acceptors (Lipinski definition) is 3. The van der Waals surface area contributed by atoms with Gasteiger partial charge in [0.05, 0.1) is 10.6 Å². The minimum atomic E-state index is -3.84. The number of halogens is 2. The van der Waals surface area contributed by atoms with Crippen molar-refractivity contribution in [3.8, 4) is 11.5 Å². The maximum Gasteiger partial charge on any atom is 0.257 e. The highest BCUT2D eigenvalue weighted by atomic mass is 35.5. The summed E-state index contributed by atoms with van der Waals surface area (Å²) in [5, 5.41) is 0.933. The molecule has 0 radical (unpaired) electrons. The van der Waals surface area contributed by atoms with E-state index < -0.39 is 18.3 Å². The standard InChI is InChI=1S/C21H21Cl2NO3SSi/c1-29(2,3)24(28(25,26)19-12-9-16(22)10-13-19)20-14-11-17(23)15-21(20)27-18-7-5-4-6-8-18/h4-15H,1-3H3. The van der Waals surface area contributed by atoms with Gasteiger partial charge in [-0.3, -0.25) is 3.97 Å². The van der Waals surface area contributed by atoms with Gasteiger partial charge in [0.25, 0.3) is 10.0 Å². The van der Waals surface area contributed by atoms with Crippen molar-refractivity contribution in [2.45, 2.75) is 24.5 Å². The lowest BCUT2D eigenvalue weighted by atomic mass is 10.3. The number of para-hydroxylation sites is 1. The van der Waals surface area contributed by atoms with Gasteiger partial charge in [0, 0.05) is 16.1 Å². The third kappa shape index (κ3) is 4.95. The maximum atomic E-state index is 13.6. The SMILES string of the molecule is C[Si](C)(C)N(c1ccc(Cl)cc1Oc1ccccc1)S(=O)(=O)c1ccc(Cl)cc1. The molecular formula is C21H21Cl2NO3SSi. The van der Waals surface area contributed by atoms with Gasteiger partial charge in [-0.15, -0.1) is 0 Å². The second-order valence-corrected chi connectivity index (χ2v) is 15.2. The molecule has 0 unspecified atom stereocenters. The average Bonchev–Trinajstić information content (AvgIpc) is 2.64. The molecule has 0 heterocycles. The van der Waals surface area contributed by atoms with Crippen LogP contribution in [-0.4, -0.2) is 16.7 Å². The fourth-order valence-corrected chi connectivity index (χ4v) is 8.41. The summed E-state index contributed by atoms with van der Waals surface area (Å²) >= 11 is 12.1. The largest absolute Gasteiger partial charge is 0.455 e. The molecular weight excluding hydrogens is 445 g/mol. The number of ether oxygens (including phenoxy) is 1. The Balaban J connectivity index is 2.17. The van der Waals surface area contributed by atoms with Gasteiger partial charge in [0.2, 0.25) is 0 Å². The lowest BCUT2D eigenvalue weighted by Crippen LogP contribution is -2.50. The Morgan fingerprint density at radius 3 is 2.00 bits per heavy atom. The van der Waals surface area contributed by atoms with Gasteiger partial charge in [0.15, 0.2) is 14.0 Å². The van der Waals surface area contributed by atoms with Gasteiger partial charge in [-0.05, 0) is 48.5 Å². The Labute approximate surface area is 182 Å². The van der Waals surface area contributed by atoms with E-state index in [1.54, 1.807) is 42.5 Å². The summed E-state index contributed by atoms with van der Waals surface area (Å²) in [5.41, 5.74) is 0.451. The van der Waals surface area contributed by atoms with Gasteiger partial charge >= 0.3 is 0 Å². The van der Waals surface area contributed by atoms with Crippen LogP contribution in [0.15, 0.2) is 77.7 Å². The predicted octanol–water partition coefficient (Wildman–Crippen LogP) is 6.82. The lowest BCUT2D eigenvalue weighted by molar-refractivity contribution is 0.484. The third-order valence-corrected chi connectivity index (χ3v) is 9.93. The van der Waals surface area contributed by atoms with Crippen LogP contribution >= 0.6 is 23.2 Å². The number of hydrogen-bond donors (Lipinski definition) is 0. The number of rotatable bonds is 6. The van der Waals surface area contributed by atoms with E-state index >= 15 is 0 Å². The summed E-state index contributed by atoms with van der Waals surface area (Å²) in [4.78, 5) is 0.171. The molecule has 4 nitrogen and oxygen atoms in total. The van der Waals surface area contributed by atoms with Crippen LogP contribution in [-0.2, 0) is 10.0 Å². The van der Waals surface area contributed by atoms with Gasteiger partial charge < -0.3 is 4.74 Å². The Morgan fingerprint density at radius 2 is 1.41 bits per heavy atom. The van der Waals surface area contributed by atoms with Crippen molar-refractivity contribution in [1.82, 2.24) is 0 Å². The smallest absolute Gasteiger partial charge is 0.257 e. The molecule has 0 bridgehead atoms. The quantitative estimate of drug-likeness (QED) is 0.375. The van der Waals surface area contributed by atoms with Crippen molar-refractivity contribution >= 4 is 47.1 Å². The summed E-state index contributed by atoms with van der Waals surface area (Å²) < 4.78 is 34.7. The molecule has 0 atom stereocenters. The predicted molar refractivity (Wildman–Crippen MR) is 122 cm³/mol. The van der Waals surface area contributed by atoms with E-state index in [1.807, 2.05) is 37.8 Å². The summed E-state index contributed by atoms with van der Waals surface area (Å²) in [7, 11) is -6.28. The first-order chi connectivity index (χ1) is 13.6. The second-order valence-electron chi connectivity index (χ2n) is 7.42. The molecule has 0 aliphatic carbocycles. The van der Waals surface area contributed by atoms with E-state index in [4.69, 9.17) is 27.9 Å². The van der Waals surface area contributed by atoms with E-state index in [2.05, 4.69) is 0 Å². The van der Waals surface area contributed by atoms with Crippen LogP contribution in [0.25, 0.3) is 0 Å². The summed E-state index contributed by atoms with van der Waals surface area (Å²) in [6, 6.07) is 20.3. The van der Waals surface area contributed by atoms with Crippen molar-refractivity contribution in [2.24, 2.45) is 0 Å². The molecule has 3 rings (SSSR count). The van der Waals surface area contributed by atoms with Crippen molar-refractivity contribution in [3.63, 3.8) is 0 Å². The molecule has 0 saturated carbocycles. The first-order valence-corrected chi connectivity index (χ1v) is 14.6. The van der Waals surface area contributed by atoms with Gasteiger partial charge in [-0.2, -0.15) is 0 Å². The molecule has 3 aromatic rings. The minimum Gasteiger partial charge on any atom is -0.455 e. The molecule has 0 amide bonds. The highest BCUT2D eigenvalue weighted by molar-refractivity contribution is 7.94. The topological polar surface area (TPSA) is 46.6 Å². The van der Waals surface area contributed by atoms with Crippen LogP contribution in [0, 0.1) is 0 Å². The van der Waals surface area contributed by atoms with Crippen LogP contribution in [0.4, 0.5) is 5.69 Å². The Kier molecular flexibility index (Phi) is 6.29. The molecule has 0 fully saturated rings. The van der Waals surface area contributed by atoms with Crippen LogP contribution in [0.2, 0.25) is 29.7 Å². The zero-order valence-corrected chi connectivity index (χ0v) is 19.6. The van der Waals surface area contributed by atoms with E-state index in [9.17, 15) is 8.42 Å². The van der Waals surface area contributed by atoms with Gasteiger partial charge in [-0.1, -0.05) is 61.0 Å². The molecule has 3 aromatic carbocycles. The van der Waals surface area contributed by atoms with E-state index in [1.165, 1.54) is 16.1 Å². The minimum absolute atomic E-state index is 0.171. The highest BCUT2D eigenvalue weighted by Crippen LogP contribution is 2.40. The van der Waals surface area contributed by atoms with Gasteiger partial charge in [-0.25, -0.2) is 8.42 Å². The fourth-order valence-electron chi connectivity index (χ4n) is 2.92. The Bertz CT molecular complexity index is 1100. The third-order valence-electron chi connectivity index (χ3n) is 4.07. The highest BCUT2D eigenvalue weighted by Gasteiger charge is 2.37. The van der Waals surface area contributed by atoms with E-state index in [-0.39, 0.29) is 4.90 Å². The summed E-state index contributed by atoms with van der Waals surface area (Å²) in [6.45, 7) is 5.88. The number of benzene rings is 3. The first kappa shape index (κ1) is 21.7. The zero-order chi connectivity index (χ0) is 21.2.